The van der Waals surface area contributed by atoms with Crippen LogP contribution in [0.2, 0.25) is 0 Å². The molecule has 0 bridgehead atoms. The average Bonchev–Trinajstić information content (AvgIpc) is 2.49. The molecule has 0 heterocycles. The lowest BCUT2D eigenvalue weighted by Gasteiger charge is -2.26. The lowest BCUT2D eigenvalue weighted by molar-refractivity contribution is -0.0363. The molecule has 0 aliphatic heterocycles. The molecule has 0 aliphatic carbocycles. The molecule has 0 radical (unpaired) electrons. The maximum atomic E-state index is 11.6. The largest absolute Gasteiger partial charge is 0.444 e. The first-order valence-corrected chi connectivity index (χ1v) is 6.84. The highest BCUT2D eigenvalue weighted by molar-refractivity contribution is 5.66. The molecule has 2 N–H and O–H groups in total. The monoisotopic (exact) mass is 296 g/mol. The molecule has 0 atom stereocenters. The minimum atomic E-state index is -0.510. The van der Waals surface area contributed by atoms with Gasteiger partial charge in [-0.05, 0) is 25.8 Å². The summed E-state index contributed by atoms with van der Waals surface area (Å²) in [7, 11) is 1.58. The molecule has 1 aromatic rings. The van der Waals surface area contributed by atoms with E-state index in [1.807, 2.05) is 44.2 Å². The highest BCUT2D eigenvalue weighted by Crippen LogP contribution is 2.07. The Kier molecular flexibility index (Phi) is 7.74. The summed E-state index contributed by atoms with van der Waals surface area (Å²) >= 11 is 0. The lowest BCUT2D eigenvalue weighted by atomic mass is 10.0. The summed E-state index contributed by atoms with van der Waals surface area (Å²) < 4.78 is 15.1. The second-order valence-corrected chi connectivity index (χ2v) is 5.26. The fraction of sp³-hybridized carbons (Fsp3) is 0.533. The SMILES string of the molecule is COCOCCC(C)(C)NNC(=O)OCc1ccccc1. The number of carbonyl (C=O) groups excluding carboxylic acids is 1. The number of hydrogen-bond donors (Lipinski definition) is 2. The van der Waals surface area contributed by atoms with Crippen molar-refractivity contribution < 1.29 is 19.0 Å². The molecule has 1 amide bonds. The fourth-order valence-electron chi connectivity index (χ4n) is 1.51. The zero-order valence-corrected chi connectivity index (χ0v) is 12.8. The van der Waals surface area contributed by atoms with Gasteiger partial charge in [-0.25, -0.2) is 10.2 Å². The molecular weight excluding hydrogens is 272 g/mol. The van der Waals surface area contributed by atoms with E-state index in [1.54, 1.807) is 7.11 Å². The molecule has 0 spiro atoms. The zero-order valence-electron chi connectivity index (χ0n) is 12.8. The van der Waals surface area contributed by atoms with Crippen LogP contribution in [-0.4, -0.2) is 32.1 Å². The lowest BCUT2D eigenvalue weighted by Crippen LogP contribution is -2.51. The summed E-state index contributed by atoms with van der Waals surface area (Å²) in [6, 6.07) is 9.52. The van der Waals surface area contributed by atoms with Crippen molar-refractivity contribution in [1.82, 2.24) is 10.9 Å². The van der Waals surface area contributed by atoms with Crippen molar-refractivity contribution >= 4 is 6.09 Å². The number of methoxy groups -OCH3 is 1. The van der Waals surface area contributed by atoms with Gasteiger partial charge in [-0.3, -0.25) is 5.43 Å². The molecule has 21 heavy (non-hydrogen) atoms. The van der Waals surface area contributed by atoms with Gasteiger partial charge >= 0.3 is 6.09 Å². The van der Waals surface area contributed by atoms with E-state index in [0.717, 1.165) is 12.0 Å². The zero-order chi connectivity index (χ0) is 15.6. The van der Waals surface area contributed by atoms with E-state index in [-0.39, 0.29) is 18.9 Å². The van der Waals surface area contributed by atoms with E-state index < -0.39 is 6.09 Å². The third-order valence-electron chi connectivity index (χ3n) is 2.79. The van der Waals surface area contributed by atoms with Crippen LogP contribution in [0.15, 0.2) is 30.3 Å². The van der Waals surface area contributed by atoms with Gasteiger partial charge in [0, 0.05) is 12.6 Å². The van der Waals surface area contributed by atoms with E-state index in [0.29, 0.717) is 6.61 Å². The van der Waals surface area contributed by atoms with Crippen LogP contribution in [0.1, 0.15) is 25.8 Å². The van der Waals surface area contributed by atoms with Crippen LogP contribution in [0.25, 0.3) is 0 Å². The number of hydrogen-bond acceptors (Lipinski definition) is 5. The summed E-state index contributed by atoms with van der Waals surface area (Å²) in [6.45, 7) is 4.96. The van der Waals surface area contributed by atoms with Crippen molar-refractivity contribution in [2.45, 2.75) is 32.4 Å². The van der Waals surface area contributed by atoms with Gasteiger partial charge in [0.1, 0.15) is 13.4 Å². The quantitative estimate of drug-likeness (QED) is 0.415. The van der Waals surface area contributed by atoms with Crippen molar-refractivity contribution in [3.63, 3.8) is 0 Å². The highest BCUT2D eigenvalue weighted by Gasteiger charge is 2.18. The van der Waals surface area contributed by atoms with Crippen molar-refractivity contribution in [1.29, 1.82) is 0 Å². The number of nitrogens with one attached hydrogen (secondary N) is 2. The average molecular weight is 296 g/mol. The molecule has 0 saturated heterocycles. The van der Waals surface area contributed by atoms with Gasteiger partial charge in [-0.15, -0.1) is 0 Å². The molecule has 1 aromatic carbocycles. The molecule has 0 saturated carbocycles. The van der Waals surface area contributed by atoms with Crippen LogP contribution in [0.4, 0.5) is 4.79 Å². The van der Waals surface area contributed by atoms with Crippen LogP contribution in [0, 0.1) is 0 Å². The van der Waals surface area contributed by atoms with Crippen molar-refractivity contribution in [3.05, 3.63) is 35.9 Å². The van der Waals surface area contributed by atoms with Crippen molar-refractivity contribution in [3.8, 4) is 0 Å². The first-order valence-electron chi connectivity index (χ1n) is 6.84. The number of benzene rings is 1. The van der Waals surface area contributed by atoms with Gasteiger partial charge in [0.25, 0.3) is 0 Å². The summed E-state index contributed by atoms with van der Waals surface area (Å²) in [6.07, 6.45) is 0.208. The third kappa shape index (κ3) is 8.29. The Balaban J connectivity index is 2.19. The molecule has 6 nitrogen and oxygen atoms in total. The number of rotatable bonds is 9. The Morgan fingerprint density at radius 1 is 1.24 bits per heavy atom. The number of amides is 1. The molecular formula is C15H24N2O4. The van der Waals surface area contributed by atoms with E-state index in [9.17, 15) is 4.79 Å². The molecule has 0 unspecified atom stereocenters. The van der Waals surface area contributed by atoms with Gasteiger partial charge in [0.15, 0.2) is 0 Å². The molecule has 1 rings (SSSR count). The summed E-state index contributed by atoms with van der Waals surface area (Å²) in [5.74, 6) is 0. The van der Waals surface area contributed by atoms with Crippen LogP contribution in [0.3, 0.4) is 0 Å². The Labute approximate surface area is 125 Å². The van der Waals surface area contributed by atoms with Crippen molar-refractivity contribution in [2.24, 2.45) is 0 Å². The molecule has 0 fully saturated rings. The molecule has 118 valence electrons. The first kappa shape index (κ1) is 17.4. The summed E-state index contributed by atoms with van der Waals surface area (Å²) in [4.78, 5) is 11.6. The van der Waals surface area contributed by atoms with Gasteiger partial charge < -0.3 is 14.2 Å². The van der Waals surface area contributed by atoms with Crippen LogP contribution >= 0.6 is 0 Å². The maximum Gasteiger partial charge on any atom is 0.421 e. The van der Waals surface area contributed by atoms with Gasteiger partial charge in [-0.2, -0.15) is 0 Å². The second kappa shape index (κ2) is 9.33. The topological polar surface area (TPSA) is 68.8 Å². The normalized spacial score (nSPS) is 11.2. The van der Waals surface area contributed by atoms with Crippen molar-refractivity contribution in [2.75, 3.05) is 20.5 Å². The van der Waals surface area contributed by atoms with Gasteiger partial charge in [0.05, 0.1) is 6.61 Å². The number of ether oxygens (including phenoxy) is 3. The smallest absolute Gasteiger partial charge is 0.421 e. The molecule has 0 aliphatic rings. The van der Waals surface area contributed by atoms with E-state index in [4.69, 9.17) is 14.2 Å². The fourth-order valence-corrected chi connectivity index (χ4v) is 1.51. The van der Waals surface area contributed by atoms with Crippen LogP contribution in [-0.2, 0) is 20.8 Å². The highest BCUT2D eigenvalue weighted by atomic mass is 16.7. The Morgan fingerprint density at radius 3 is 2.62 bits per heavy atom. The Hall–Kier alpha value is -1.63. The number of carbonyl (C=O) groups is 1. The minimum Gasteiger partial charge on any atom is -0.444 e. The second-order valence-electron chi connectivity index (χ2n) is 5.26. The Bertz CT molecular complexity index is 409. The van der Waals surface area contributed by atoms with E-state index in [2.05, 4.69) is 10.9 Å². The van der Waals surface area contributed by atoms with Crippen LogP contribution < -0.4 is 10.9 Å². The van der Waals surface area contributed by atoms with Gasteiger partial charge in [0.2, 0.25) is 0 Å². The van der Waals surface area contributed by atoms with Crippen LogP contribution in [0.5, 0.6) is 0 Å². The predicted octanol–water partition coefficient (Wildman–Crippen LogP) is 2.21. The maximum absolute atomic E-state index is 11.6. The summed E-state index contributed by atoms with van der Waals surface area (Å²) in [5, 5.41) is 0. The summed E-state index contributed by atoms with van der Waals surface area (Å²) in [5.41, 5.74) is 6.10. The first-order chi connectivity index (χ1) is 10.0. The molecule has 0 aromatic heterocycles. The predicted molar refractivity (Wildman–Crippen MR) is 79.4 cm³/mol. The number of hydrazine groups is 1. The standard InChI is InChI=1S/C15H24N2O4/c1-15(2,9-10-20-12-19-3)17-16-14(18)21-11-13-7-5-4-6-8-13/h4-8,17H,9-12H2,1-3H3,(H,16,18). The van der Waals surface area contributed by atoms with E-state index >= 15 is 0 Å². The minimum absolute atomic E-state index is 0.242. The third-order valence-corrected chi connectivity index (χ3v) is 2.79. The van der Waals surface area contributed by atoms with Gasteiger partial charge in [-0.1, -0.05) is 30.3 Å². The molecule has 6 heteroatoms. The Morgan fingerprint density at radius 2 is 1.95 bits per heavy atom. The van der Waals surface area contributed by atoms with E-state index in [1.165, 1.54) is 0 Å².